The fraction of sp³-hybridized carbons (Fsp3) is 0.581. The van der Waals surface area contributed by atoms with Crippen LogP contribution in [0.1, 0.15) is 107 Å². The number of ether oxygens (including phenoxy) is 1. The highest BCUT2D eigenvalue weighted by atomic mass is 16.5. The Balaban J connectivity index is 1.21. The Morgan fingerprint density at radius 1 is 0.879 bits per heavy atom. The normalized spacial score (nSPS) is 26.5. The number of hydrogen-bond acceptors (Lipinski definition) is 2. The number of esters is 1. The van der Waals surface area contributed by atoms with Crippen LogP contribution in [-0.2, 0) is 16.0 Å². The van der Waals surface area contributed by atoms with Gasteiger partial charge in [-0.15, -0.1) is 0 Å². The van der Waals surface area contributed by atoms with Crippen LogP contribution in [0.5, 0.6) is 0 Å². The molecule has 0 bridgehead atoms. The molecule has 2 aliphatic carbocycles. The third kappa shape index (κ3) is 6.71. The van der Waals surface area contributed by atoms with Gasteiger partial charge in [-0.05, 0) is 92.2 Å². The first-order chi connectivity index (χ1) is 16.1. The second kappa shape index (κ2) is 11.9. The zero-order valence-electron chi connectivity index (χ0n) is 20.7. The zero-order chi connectivity index (χ0) is 23.0. The molecule has 0 radical (unpaired) electrons. The Kier molecular flexibility index (Phi) is 8.64. The van der Waals surface area contributed by atoms with E-state index in [0.717, 1.165) is 50.9 Å². The van der Waals surface area contributed by atoms with E-state index < -0.39 is 0 Å². The standard InChI is InChI=1S/C31H42O2/c1-3-7-24-12-20-30(21-13-24)33-31(32)29-18-16-28(17-19-29)27-14-10-25(11-15-27)22-23(2)26-8-5-4-6-9-26/h4-6,8-11,14-15,23-24,28-30H,3,7,12-13,16-22H2,1-2H3/t23-,24?,28?,29?,30?/m0/s1. The van der Waals surface area contributed by atoms with E-state index in [9.17, 15) is 4.79 Å². The highest BCUT2D eigenvalue weighted by Gasteiger charge is 2.31. The van der Waals surface area contributed by atoms with Gasteiger partial charge in [0.15, 0.2) is 0 Å². The first-order valence-corrected chi connectivity index (χ1v) is 13.5. The lowest BCUT2D eigenvalue weighted by molar-refractivity contribution is -0.157. The topological polar surface area (TPSA) is 26.3 Å². The van der Waals surface area contributed by atoms with Crippen molar-refractivity contribution in [3.05, 3.63) is 71.3 Å². The van der Waals surface area contributed by atoms with E-state index in [2.05, 4.69) is 68.4 Å². The summed E-state index contributed by atoms with van der Waals surface area (Å²) in [7, 11) is 0. The van der Waals surface area contributed by atoms with E-state index in [1.54, 1.807) is 0 Å². The third-order valence-electron chi connectivity index (χ3n) is 8.20. The largest absolute Gasteiger partial charge is 0.462 e. The molecule has 2 saturated carbocycles. The molecule has 0 aromatic heterocycles. The van der Waals surface area contributed by atoms with Gasteiger partial charge >= 0.3 is 5.97 Å². The average Bonchev–Trinajstić information content (AvgIpc) is 2.86. The van der Waals surface area contributed by atoms with E-state index in [0.29, 0.717) is 11.8 Å². The van der Waals surface area contributed by atoms with Gasteiger partial charge in [0.2, 0.25) is 0 Å². The molecule has 0 saturated heterocycles. The van der Waals surface area contributed by atoms with Crippen LogP contribution < -0.4 is 0 Å². The zero-order valence-corrected chi connectivity index (χ0v) is 20.7. The Labute approximate surface area is 201 Å². The lowest BCUT2D eigenvalue weighted by atomic mass is 9.78. The van der Waals surface area contributed by atoms with Gasteiger partial charge in [-0.1, -0.05) is 81.3 Å². The molecule has 178 valence electrons. The molecule has 2 aromatic carbocycles. The molecule has 0 heterocycles. The van der Waals surface area contributed by atoms with Crippen LogP contribution in [-0.4, -0.2) is 12.1 Å². The quantitative estimate of drug-likeness (QED) is 0.382. The van der Waals surface area contributed by atoms with Crippen molar-refractivity contribution in [1.29, 1.82) is 0 Å². The maximum absolute atomic E-state index is 12.8. The SMILES string of the molecule is CCCC1CCC(OC(=O)C2CCC(c3ccc(C[C@H](C)c4ccccc4)cc3)CC2)CC1. The minimum Gasteiger partial charge on any atom is -0.462 e. The van der Waals surface area contributed by atoms with Crippen LogP contribution in [0.3, 0.4) is 0 Å². The number of hydrogen-bond donors (Lipinski definition) is 0. The first kappa shape index (κ1) is 24.0. The van der Waals surface area contributed by atoms with Crippen LogP contribution in [0.15, 0.2) is 54.6 Å². The summed E-state index contributed by atoms with van der Waals surface area (Å²) < 4.78 is 5.95. The van der Waals surface area contributed by atoms with Gasteiger partial charge in [0.05, 0.1) is 5.92 Å². The van der Waals surface area contributed by atoms with E-state index >= 15 is 0 Å². The van der Waals surface area contributed by atoms with Crippen LogP contribution in [0.2, 0.25) is 0 Å². The first-order valence-electron chi connectivity index (χ1n) is 13.5. The van der Waals surface area contributed by atoms with Crippen molar-refractivity contribution in [2.75, 3.05) is 0 Å². The summed E-state index contributed by atoms with van der Waals surface area (Å²) in [6.45, 7) is 4.57. The molecule has 0 N–H and O–H groups in total. The van der Waals surface area contributed by atoms with E-state index in [1.165, 1.54) is 42.4 Å². The highest BCUT2D eigenvalue weighted by Crippen LogP contribution is 2.37. The lowest BCUT2D eigenvalue weighted by Crippen LogP contribution is -2.29. The van der Waals surface area contributed by atoms with E-state index in [4.69, 9.17) is 4.74 Å². The second-order valence-electron chi connectivity index (χ2n) is 10.7. The predicted molar refractivity (Wildman–Crippen MR) is 136 cm³/mol. The van der Waals surface area contributed by atoms with Crippen LogP contribution >= 0.6 is 0 Å². The molecule has 1 atom stereocenters. The molecule has 0 unspecified atom stereocenters. The van der Waals surface area contributed by atoms with Crippen LogP contribution in [0, 0.1) is 11.8 Å². The number of carbonyl (C=O) groups is 1. The molecule has 2 aromatic rings. The Bertz CT molecular complexity index is 840. The van der Waals surface area contributed by atoms with Crippen molar-refractivity contribution < 1.29 is 9.53 Å². The van der Waals surface area contributed by atoms with Gasteiger partial charge in [-0.2, -0.15) is 0 Å². The number of carbonyl (C=O) groups excluding carboxylic acids is 1. The summed E-state index contributed by atoms with van der Waals surface area (Å²) in [5, 5.41) is 0. The summed E-state index contributed by atoms with van der Waals surface area (Å²) in [6, 6.07) is 20.0. The molecular formula is C31H42O2. The Morgan fingerprint density at radius 3 is 2.18 bits per heavy atom. The van der Waals surface area contributed by atoms with Crippen molar-refractivity contribution in [3.63, 3.8) is 0 Å². The van der Waals surface area contributed by atoms with Gasteiger partial charge in [-0.25, -0.2) is 0 Å². The second-order valence-corrected chi connectivity index (χ2v) is 10.7. The third-order valence-corrected chi connectivity index (χ3v) is 8.20. The number of rotatable bonds is 8. The van der Waals surface area contributed by atoms with Crippen LogP contribution in [0.4, 0.5) is 0 Å². The summed E-state index contributed by atoms with van der Waals surface area (Å²) in [5.41, 5.74) is 4.24. The average molecular weight is 447 g/mol. The molecule has 2 fully saturated rings. The maximum atomic E-state index is 12.8. The van der Waals surface area contributed by atoms with Crippen molar-refractivity contribution in [1.82, 2.24) is 0 Å². The summed E-state index contributed by atoms with van der Waals surface area (Å²) in [4.78, 5) is 12.8. The highest BCUT2D eigenvalue weighted by molar-refractivity contribution is 5.72. The van der Waals surface area contributed by atoms with Gasteiger partial charge < -0.3 is 4.74 Å². The van der Waals surface area contributed by atoms with Crippen molar-refractivity contribution in [3.8, 4) is 0 Å². The molecule has 0 aliphatic heterocycles. The van der Waals surface area contributed by atoms with E-state index in [1.807, 2.05) is 0 Å². The Hall–Kier alpha value is -2.09. The predicted octanol–water partition coefficient (Wildman–Crippen LogP) is 8.21. The molecule has 2 heteroatoms. The molecule has 0 spiro atoms. The Morgan fingerprint density at radius 2 is 1.55 bits per heavy atom. The minimum absolute atomic E-state index is 0.0811. The summed E-state index contributed by atoms with van der Waals surface area (Å²) >= 11 is 0. The van der Waals surface area contributed by atoms with Crippen LogP contribution in [0.25, 0.3) is 0 Å². The van der Waals surface area contributed by atoms with Gasteiger partial charge in [0.25, 0.3) is 0 Å². The number of benzene rings is 2. The van der Waals surface area contributed by atoms with Gasteiger partial charge in [0.1, 0.15) is 6.10 Å². The fourth-order valence-electron chi connectivity index (χ4n) is 6.05. The van der Waals surface area contributed by atoms with Crippen molar-refractivity contribution >= 4 is 5.97 Å². The summed E-state index contributed by atoms with van der Waals surface area (Å²) in [5.74, 6) is 2.16. The molecular weight excluding hydrogens is 404 g/mol. The molecule has 2 nitrogen and oxygen atoms in total. The molecule has 4 rings (SSSR count). The fourth-order valence-corrected chi connectivity index (χ4v) is 6.05. The smallest absolute Gasteiger partial charge is 0.309 e. The maximum Gasteiger partial charge on any atom is 0.309 e. The lowest BCUT2D eigenvalue weighted by Gasteiger charge is -2.31. The van der Waals surface area contributed by atoms with Gasteiger partial charge in [-0.3, -0.25) is 4.79 Å². The minimum atomic E-state index is 0.0811. The van der Waals surface area contributed by atoms with Gasteiger partial charge in [0, 0.05) is 0 Å². The monoisotopic (exact) mass is 446 g/mol. The van der Waals surface area contributed by atoms with Crippen molar-refractivity contribution in [2.45, 2.75) is 102 Å². The molecule has 2 aliphatic rings. The molecule has 0 amide bonds. The molecule has 33 heavy (non-hydrogen) atoms. The van der Waals surface area contributed by atoms with Crippen molar-refractivity contribution in [2.24, 2.45) is 11.8 Å². The van der Waals surface area contributed by atoms with E-state index in [-0.39, 0.29) is 18.0 Å². The summed E-state index contributed by atoms with van der Waals surface area (Å²) in [6.07, 6.45) is 12.6.